The van der Waals surface area contributed by atoms with Crippen molar-refractivity contribution in [3.8, 4) is 0 Å². The SMILES string of the molecule is Cc1[c]c(SC(=O)c2ccccc2)c(C)c(C(C)(C)C)c1. The van der Waals surface area contributed by atoms with Gasteiger partial charge < -0.3 is 0 Å². The Morgan fingerprint density at radius 1 is 1.10 bits per heavy atom. The molecule has 2 heteroatoms. The van der Waals surface area contributed by atoms with Crippen molar-refractivity contribution in [2.75, 3.05) is 0 Å². The van der Waals surface area contributed by atoms with Crippen molar-refractivity contribution >= 4 is 16.9 Å². The summed E-state index contributed by atoms with van der Waals surface area (Å²) in [6.07, 6.45) is 0. The van der Waals surface area contributed by atoms with Gasteiger partial charge in [0.05, 0.1) is 0 Å². The standard InChI is InChI=1S/C19H21OS/c1-13-11-16(19(3,4)5)14(2)17(12-13)21-18(20)15-9-7-6-8-10-15/h6-11H,1-5H3. The van der Waals surface area contributed by atoms with Gasteiger partial charge in [0, 0.05) is 16.5 Å². The first-order valence-corrected chi connectivity index (χ1v) is 7.92. The van der Waals surface area contributed by atoms with E-state index < -0.39 is 0 Å². The Hall–Kier alpha value is -1.54. The van der Waals surface area contributed by atoms with Gasteiger partial charge in [0.15, 0.2) is 0 Å². The summed E-state index contributed by atoms with van der Waals surface area (Å²) in [5.41, 5.74) is 4.31. The van der Waals surface area contributed by atoms with E-state index >= 15 is 0 Å². The van der Waals surface area contributed by atoms with Crippen LogP contribution in [0.3, 0.4) is 0 Å². The van der Waals surface area contributed by atoms with Crippen molar-refractivity contribution in [2.24, 2.45) is 0 Å². The third-order valence-corrected chi connectivity index (χ3v) is 4.46. The summed E-state index contributed by atoms with van der Waals surface area (Å²) in [5, 5.41) is 0.0698. The number of aryl methyl sites for hydroxylation is 1. The van der Waals surface area contributed by atoms with Gasteiger partial charge in [-0.2, -0.15) is 0 Å². The van der Waals surface area contributed by atoms with E-state index in [1.54, 1.807) is 0 Å². The van der Waals surface area contributed by atoms with Crippen molar-refractivity contribution in [1.29, 1.82) is 0 Å². The molecule has 109 valence electrons. The minimum Gasteiger partial charge on any atom is -0.281 e. The zero-order valence-corrected chi connectivity index (χ0v) is 14.1. The number of hydrogen-bond donors (Lipinski definition) is 0. The first-order valence-electron chi connectivity index (χ1n) is 7.10. The second kappa shape index (κ2) is 6.07. The summed E-state index contributed by atoms with van der Waals surface area (Å²) in [4.78, 5) is 13.3. The van der Waals surface area contributed by atoms with Gasteiger partial charge in [0.1, 0.15) is 0 Å². The van der Waals surface area contributed by atoms with Gasteiger partial charge in [0.25, 0.3) is 0 Å². The maximum absolute atomic E-state index is 12.4. The quantitative estimate of drug-likeness (QED) is 0.697. The van der Waals surface area contributed by atoms with Crippen LogP contribution >= 0.6 is 11.8 Å². The lowest BCUT2D eigenvalue weighted by atomic mass is 9.83. The van der Waals surface area contributed by atoms with Gasteiger partial charge in [-0.3, -0.25) is 4.79 Å². The van der Waals surface area contributed by atoms with Crippen LogP contribution in [-0.2, 0) is 5.41 Å². The Bertz CT molecular complexity index is 651. The van der Waals surface area contributed by atoms with Crippen molar-refractivity contribution in [3.05, 3.63) is 64.7 Å². The van der Waals surface area contributed by atoms with Crippen LogP contribution in [0.5, 0.6) is 0 Å². The normalized spacial score (nSPS) is 11.5. The lowest BCUT2D eigenvalue weighted by molar-refractivity contribution is 0.108. The lowest BCUT2D eigenvalue weighted by Crippen LogP contribution is -2.14. The zero-order valence-electron chi connectivity index (χ0n) is 13.3. The molecule has 0 unspecified atom stereocenters. The average molecular weight is 297 g/mol. The van der Waals surface area contributed by atoms with E-state index in [0.717, 1.165) is 21.6 Å². The molecular weight excluding hydrogens is 276 g/mol. The Labute approximate surface area is 131 Å². The molecule has 0 aliphatic rings. The molecule has 0 saturated heterocycles. The highest BCUT2D eigenvalue weighted by atomic mass is 32.2. The van der Waals surface area contributed by atoms with Gasteiger partial charge in [-0.1, -0.05) is 57.2 Å². The van der Waals surface area contributed by atoms with Crippen LogP contribution in [-0.4, -0.2) is 5.12 Å². The molecule has 1 nitrogen and oxygen atoms in total. The molecule has 21 heavy (non-hydrogen) atoms. The smallest absolute Gasteiger partial charge is 0.224 e. The van der Waals surface area contributed by atoms with Crippen LogP contribution < -0.4 is 0 Å². The summed E-state index contributed by atoms with van der Waals surface area (Å²) < 4.78 is 0. The Morgan fingerprint density at radius 3 is 2.29 bits per heavy atom. The molecule has 0 N–H and O–H groups in total. The number of thioether (sulfide) groups is 1. The van der Waals surface area contributed by atoms with Crippen LogP contribution in [0.2, 0.25) is 0 Å². The van der Waals surface area contributed by atoms with E-state index in [1.807, 2.05) is 37.3 Å². The predicted octanol–water partition coefficient (Wildman–Crippen LogP) is 5.33. The highest BCUT2D eigenvalue weighted by molar-refractivity contribution is 8.14. The van der Waals surface area contributed by atoms with E-state index in [0.29, 0.717) is 0 Å². The van der Waals surface area contributed by atoms with Crippen LogP contribution in [0.25, 0.3) is 0 Å². The van der Waals surface area contributed by atoms with E-state index in [9.17, 15) is 4.79 Å². The Kier molecular flexibility index (Phi) is 4.58. The van der Waals surface area contributed by atoms with Gasteiger partial charge in [-0.15, -0.1) is 0 Å². The second-order valence-electron chi connectivity index (χ2n) is 6.33. The fraction of sp³-hybridized carbons (Fsp3) is 0.316. The molecule has 2 aromatic carbocycles. The summed E-state index contributed by atoms with van der Waals surface area (Å²) in [7, 11) is 0. The molecule has 0 atom stereocenters. The van der Waals surface area contributed by atoms with E-state index in [4.69, 9.17) is 0 Å². The van der Waals surface area contributed by atoms with Gasteiger partial charge >= 0.3 is 0 Å². The molecule has 1 radical (unpaired) electrons. The van der Waals surface area contributed by atoms with Crippen LogP contribution in [0, 0.1) is 19.9 Å². The topological polar surface area (TPSA) is 17.1 Å². The highest BCUT2D eigenvalue weighted by Gasteiger charge is 2.20. The fourth-order valence-corrected chi connectivity index (χ4v) is 3.28. The molecule has 0 fully saturated rings. The predicted molar refractivity (Wildman–Crippen MR) is 90.1 cm³/mol. The molecule has 0 saturated carbocycles. The van der Waals surface area contributed by atoms with Crippen molar-refractivity contribution in [1.82, 2.24) is 0 Å². The van der Waals surface area contributed by atoms with E-state index in [-0.39, 0.29) is 10.5 Å². The molecular formula is C19H21OS. The summed E-state index contributed by atoms with van der Waals surface area (Å²) in [5.74, 6) is 0. The summed E-state index contributed by atoms with van der Waals surface area (Å²) >= 11 is 1.27. The average Bonchev–Trinajstić information content (AvgIpc) is 2.42. The third kappa shape index (κ3) is 3.76. The molecule has 0 aromatic heterocycles. The molecule has 0 aliphatic carbocycles. The van der Waals surface area contributed by atoms with Crippen LogP contribution in [0.4, 0.5) is 0 Å². The highest BCUT2D eigenvalue weighted by Crippen LogP contribution is 2.34. The monoisotopic (exact) mass is 297 g/mol. The second-order valence-corrected chi connectivity index (χ2v) is 7.31. The van der Waals surface area contributed by atoms with E-state index in [1.165, 1.54) is 17.3 Å². The Morgan fingerprint density at radius 2 is 1.71 bits per heavy atom. The first-order chi connectivity index (χ1) is 9.79. The largest absolute Gasteiger partial charge is 0.281 e. The number of rotatable bonds is 2. The lowest BCUT2D eigenvalue weighted by Gasteiger charge is -2.23. The maximum atomic E-state index is 12.4. The first kappa shape index (κ1) is 15.8. The number of carbonyl (C=O) groups is 1. The molecule has 0 amide bonds. The van der Waals surface area contributed by atoms with Crippen molar-refractivity contribution in [2.45, 2.75) is 44.9 Å². The Balaban J connectivity index is 2.37. The molecule has 2 aromatic rings. The third-order valence-electron chi connectivity index (χ3n) is 3.43. The maximum Gasteiger partial charge on any atom is 0.224 e. The molecule has 0 bridgehead atoms. The minimum absolute atomic E-state index is 0.0645. The minimum atomic E-state index is 0.0645. The number of hydrogen-bond acceptors (Lipinski definition) is 2. The fourth-order valence-electron chi connectivity index (χ4n) is 2.36. The zero-order chi connectivity index (χ0) is 15.6. The molecule has 0 spiro atoms. The van der Waals surface area contributed by atoms with Crippen molar-refractivity contribution < 1.29 is 4.79 Å². The summed E-state index contributed by atoms with van der Waals surface area (Å²) in [6.45, 7) is 10.7. The van der Waals surface area contributed by atoms with Crippen LogP contribution in [0.1, 0.15) is 47.8 Å². The molecule has 0 heterocycles. The molecule has 2 rings (SSSR count). The molecule has 0 aliphatic heterocycles. The van der Waals surface area contributed by atoms with Gasteiger partial charge in [-0.25, -0.2) is 0 Å². The summed E-state index contributed by atoms with van der Waals surface area (Å²) in [6, 6.07) is 14.9. The van der Waals surface area contributed by atoms with Crippen molar-refractivity contribution in [3.63, 3.8) is 0 Å². The number of carbonyl (C=O) groups excluding carboxylic acids is 1. The van der Waals surface area contributed by atoms with Gasteiger partial charge in [0.2, 0.25) is 5.12 Å². The van der Waals surface area contributed by atoms with Gasteiger partial charge in [-0.05, 0) is 47.7 Å². The van der Waals surface area contributed by atoms with E-state index in [2.05, 4.69) is 39.8 Å². The van der Waals surface area contributed by atoms with Crippen LogP contribution in [0.15, 0.2) is 41.3 Å². The number of benzene rings is 2.